The number of ether oxygens (including phenoxy) is 1. The zero-order valence-electron chi connectivity index (χ0n) is 15.7. The van der Waals surface area contributed by atoms with Crippen molar-refractivity contribution < 1.29 is 9.53 Å². The summed E-state index contributed by atoms with van der Waals surface area (Å²) in [6.45, 7) is 7.65. The van der Waals surface area contributed by atoms with E-state index < -0.39 is 0 Å². The van der Waals surface area contributed by atoms with E-state index in [9.17, 15) is 4.79 Å². The molecule has 0 spiro atoms. The van der Waals surface area contributed by atoms with Gasteiger partial charge in [-0.2, -0.15) is 4.98 Å². The van der Waals surface area contributed by atoms with Gasteiger partial charge < -0.3 is 19.4 Å². The molecule has 142 valence electrons. The third-order valence-electron chi connectivity index (χ3n) is 5.11. The van der Waals surface area contributed by atoms with Gasteiger partial charge in [-0.3, -0.25) is 4.79 Å². The molecule has 2 aliphatic heterocycles. The number of carbonyl (C=O) groups excluding carboxylic acids is 1. The highest BCUT2D eigenvalue weighted by Crippen LogP contribution is 2.26. The topological polar surface area (TPSA) is 61.8 Å². The number of amides is 1. The van der Waals surface area contributed by atoms with Crippen LogP contribution in [0.5, 0.6) is 0 Å². The summed E-state index contributed by atoms with van der Waals surface area (Å²) in [7, 11) is 0. The summed E-state index contributed by atoms with van der Waals surface area (Å²) in [5.74, 6) is 1.81. The summed E-state index contributed by atoms with van der Waals surface area (Å²) in [5.41, 5.74) is 2.01. The van der Waals surface area contributed by atoms with Crippen LogP contribution in [0.15, 0.2) is 36.4 Å². The Bertz CT molecular complexity index is 784. The first-order valence-electron chi connectivity index (χ1n) is 9.48. The Morgan fingerprint density at radius 2 is 1.63 bits per heavy atom. The average molecular weight is 367 g/mol. The molecule has 0 saturated carbocycles. The highest BCUT2D eigenvalue weighted by atomic mass is 16.5. The molecule has 4 rings (SSSR count). The number of hydrogen-bond donors (Lipinski definition) is 0. The first-order valence-corrected chi connectivity index (χ1v) is 9.48. The van der Waals surface area contributed by atoms with Crippen LogP contribution in [0, 0.1) is 0 Å². The molecule has 0 unspecified atom stereocenters. The lowest BCUT2D eigenvalue weighted by Gasteiger charge is -2.35. The maximum atomic E-state index is 11.6. The molecule has 0 bridgehead atoms. The van der Waals surface area contributed by atoms with Crippen molar-refractivity contribution in [3.05, 3.63) is 36.4 Å². The minimum absolute atomic E-state index is 0.127. The minimum atomic E-state index is 0.127. The summed E-state index contributed by atoms with van der Waals surface area (Å²) in [6.07, 6.45) is 0. The summed E-state index contributed by atoms with van der Waals surface area (Å²) in [5, 5.41) is 0. The SMILES string of the molecule is CC(=O)N1CCN(c2nc(-c3ccccc3)cc(N3CCOCC3)n2)CC1. The van der Waals surface area contributed by atoms with Crippen LogP contribution in [-0.2, 0) is 9.53 Å². The maximum absolute atomic E-state index is 11.6. The second kappa shape index (κ2) is 7.92. The van der Waals surface area contributed by atoms with E-state index in [0.717, 1.165) is 62.4 Å². The van der Waals surface area contributed by atoms with E-state index in [1.165, 1.54) is 0 Å². The molecule has 2 aromatic rings. The Balaban J connectivity index is 1.65. The number of carbonyl (C=O) groups is 1. The number of rotatable bonds is 3. The van der Waals surface area contributed by atoms with Gasteiger partial charge in [0, 0.05) is 57.8 Å². The molecule has 0 atom stereocenters. The van der Waals surface area contributed by atoms with Crippen LogP contribution in [0.2, 0.25) is 0 Å². The van der Waals surface area contributed by atoms with Crippen LogP contribution in [0.25, 0.3) is 11.3 Å². The first kappa shape index (κ1) is 17.7. The van der Waals surface area contributed by atoms with Crippen LogP contribution in [0.4, 0.5) is 11.8 Å². The normalized spacial score (nSPS) is 17.9. The van der Waals surface area contributed by atoms with Gasteiger partial charge in [-0.1, -0.05) is 30.3 Å². The van der Waals surface area contributed by atoms with E-state index in [0.29, 0.717) is 13.1 Å². The Hall–Kier alpha value is -2.67. The Kier molecular flexibility index (Phi) is 5.20. The molecule has 1 amide bonds. The van der Waals surface area contributed by atoms with Gasteiger partial charge in [-0.05, 0) is 0 Å². The Morgan fingerprint density at radius 3 is 2.30 bits per heavy atom. The predicted octanol–water partition coefficient (Wildman–Crippen LogP) is 1.65. The number of benzene rings is 1. The zero-order valence-corrected chi connectivity index (χ0v) is 15.7. The van der Waals surface area contributed by atoms with Gasteiger partial charge >= 0.3 is 0 Å². The largest absolute Gasteiger partial charge is 0.378 e. The highest BCUT2D eigenvalue weighted by molar-refractivity contribution is 5.73. The smallest absolute Gasteiger partial charge is 0.228 e. The molecule has 2 fully saturated rings. The van der Waals surface area contributed by atoms with Crippen molar-refractivity contribution in [1.82, 2.24) is 14.9 Å². The molecule has 27 heavy (non-hydrogen) atoms. The van der Waals surface area contributed by atoms with E-state index in [4.69, 9.17) is 14.7 Å². The van der Waals surface area contributed by atoms with Crippen LogP contribution in [0.1, 0.15) is 6.92 Å². The molecule has 0 radical (unpaired) electrons. The number of hydrogen-bond acceptors (Lipinski definition) is 6. The van der Waals surface area contributed by atoms with E-state index in [1.54, 1.807) is 6.92 Å². The summed E-state index contributed by atoms with van der Waals surface area (Å²) in [6, 6.07) is 12.3. The average Bonchev–Trinajstić information content (AvgIpc) is 2.75. The third kappa shape index (κ3) is 4.03. The number of aromatic nitrogens is 2. The van der Waals surface area contributed by atoms with Crippen LogP contribution in [-0.4, -0.2) is 73.3 Å². The standard InChI is InChI=1S/C20H25N5O2/c1-16(26)23-7-9-25(10-8-23)20-21-18(17-5-3-2-4-6-17)15-19(22-20)24-11-13-27-14-12-24/h2-6,15H,7-14H2,1H3. The van der Waals surface area contributed by atoms with Crippen molar-refractivity contribution in [2.45, 2.75) is 6.92 Å². The predicted molar refractivity (Wildman–Crippen MR) is 105 cm³/mol. The third-order valence-corrected chi connectivity index (χ3v) is 5.11. The van der Waals surface area contributed by atoms with Crippen molar-refractivity contribution >= 4 is 17.7 Å². The molecule has 1 aromatic heterocycles. The summed E-state index contributed by atoms with van der Waals surface area (Å²) < 4.78 is 5.48. The van der Waals surface area contributed by atoms with Gasteiger partial charge in [0.25, 0.3) is 0 Å². The molecule has 1 aromatic carbocycles. The molecule has 7 nitrogen and oxygen atoms in total. The van der Waals surface area contributed by atoms with E-state index in [2.05, 4.69) is 28.0 Å². The molecule has 2 aliphatic rings. The quantitative estimate of drug-likeness (QED) is 0.822. The monoisotopic (exact) mass is 367 g/mol. The number of piperazine rings is 1. The molecule has 7 heteroatoms. The van der Waals surface area contributed by atoms with Crippen LogP contribution >= 0.6 is 0 Å². The molecule has 3 heterocycles. The van der Waals surface area contributed by atoms with Crippen molar-refractivity contribution in [2.24, 2.45) is 0 Å². The van der Waals surface area contributed by atoms with Crippen LogP contribution in [0.3, 0.4) is 0 Å². The van der Waals surface area contributed by atoms with Gasteiger partial charge in [0.2, 0.25) is 11.9 Å². The number of morpholine rings is 1. The van der Waals surface area contributed by atoms with Crippen molar-refractivity contribution in [1.29, 1.82) is 0 Å². The van der Waals surface area contributed by atoms with Gasteiger partial charge in [0.1, 0.15) is 5.82 Å². The second-order valence-corrected chi connectivity index (χ2v) is 6.87. The summed E-state index contributed by atoms with van der Waals surface area (Å²) >= 11 is 0. The lowest BCUT2D eigenvalue weighted by atomic mass is 10.1. The van der Waals surface area contributed by atoms with Gasteiger partial charge in [0.05, 0.1) is 18.9 Å². The Labute approximate surface area is 159 Å². The van der Waals surface area contributed by atoms with Crippen molar-refractivity contribution in [3.63, 3.8) is 0 Å². The zero-order chi connectivity index (χ0) is 18.6. The van der Waals surface area contributed by atoms with Crippen molar-refractivity contribution in [3.8, 4) is 11.3 Å². The fourth-order valence-corrected chi connectivity index (χ4v) is 3.50. The number of nitrogens with zero attached hydrogens (tertiary/aromatic N) is 5. The lowest BCUT2D eigenvalue weighted by molar-refractivity contribution is -0.129. The van der Waals surface area contributed by atoms with E-state index in [-0.39, 0.29) is 5.91 Å². The fourth-order valence-electron chi connectivity index (χ4n) is 3.50. The number of anilines is 2. The Morgan fingerprint density at radius 1 is 0.926 bits per heavy atom. The second-order valence-electron chi connectivity index (χ2n) is 6.87. The molecular weight excluding hydrogens is 342 g/mol. The molecular formula is C20H25N5O2. The molecule has 0 N–H and O–H groups in total. The summed E-state index contributed by atoms with van der Waals surface area (Å²) in [4.78, 5) is 27.6. The van der Waals surface area contributed by atoms with E-state index in [1.807, 2.05) is 23.1 Å². The van der Waals surface area contributed by atoms with Gasteiger partial charge in [-0.15, -0.1) is 0 Å². The van der Waals surface area contributed by atoms with E-state index >= 15 is 0 Å². The van der Waals surface area contributed by atoms with Crippen LogP contribution < -0.4 is 9.80 Å². The minimum Gasteiger partial charge on any atom is -0.378 e. The van der Waals surface area contributed by atoms with Crippen molar-refractivity contribution in [2.75, 3.05) is 62.3 Å². The van der Waals surface area contributed by atoms with Gasteiger partial charge in [-0.25, -0.2) is 4.98 Å². The molecule has 0 aliphatic carbocycles. The lowest BCUT2D eigenvalue weighted by Crippen LogP contribution is -2.48. The first-order chi connectivity index (χ1) is 13.2. The highest BCUT2D eigenvalue weighted by Gasteiger charge is 2.23. The van der Waals surface area contributed by atoms with Gasteiger partial charge in [0.15, 0.2) is 0 Å². The molecule has 2 saturated heterocycles. The fraction of sp³-hybridized carbons (Fsp3) is 0.450. The maximum Gasteiger partial charge on any atom is 0.228 e.